The third kappa shape index (κ3) is 1.54. The van der Waals surface area contributed by atoms with Crippen molar-refractivity contribution >= 4 is 5.69 Å². The lowest BCUT2D eigenvalue weighted by Crippen LogP contribution is -2.12. The zero-order valence-electron chi connectivity index (χ0n) is 8.44. The third-order valence-corrected chi connectivity index (χ3v) is 2.48. The van der Waals surface area contributed by atoms with E-state index >= 15 is 0 Å². The molecule has 0 atom stereocenters. The molecule has 0 saturated heterocycles. The zero-order valence-corrected chi connectivity index (χ0v) is 8.44. The largest absolute Gasteiger partial charge is 0.321 e. The van der Waals surface area contributed by atoms with Crippen LogP contribution in [0, 0.1) is 0 Å². The highest BCUT2D eigenvalue weighted by atomic mass is 15.4. The summed E-state index contributed by atoms with van der Waals surface area (Å²) >= 11 is 0. The number of rotatable bonds is 0. The van der Waals surface area contributed by atoms with Crippen LogP contribution in [0.2, 0.25) is 0 Å². The molecule has 0 saturated carbocycles. The molecule has 1 heterocycles. The van der Waals surface area contributed by atoms with Crippen molar-refractivity contribution in [3.8, 4) is 0 Å². The van der Waals surface area contributed by atoms with Gasteiger partial charge in [0.05, 0.1) is 5.69 Å². The van der Waals surface area contributed by atoms with E-state index in [0.29, 0.717) is 0 Å². The van der Waals surface area contributed by atoms with E-state index < -0.39 is 0 Å². The Hall–Kier alpha value is -1.02. The van der Waals surface area contributed by atoms with Crippen LogP contribution in [-0.2, 0) is 12.0 Å². The van der Waals surface area contributed by atoms with E-state index in [-0.39, 0.29) is 5.41 Å². The van der Waals surface area contributed by atoms with Crippen LogP contribution < -0.4 is 10.9 Å². The van der Waals surface area contributed by atoms with Gasteiger partial charge in [-0.05, 0) is 22.6 Å². The Morgan fingerprint density at radius 2 is 2.00 bits per heavy atom. The summed E-state index contributed by atoms with van der Waals surface area (Å²) in [5.41, 5.74) is 10.5. The van der Waals surface area contributed by atoms with Gasteiger partial charge in [0, 0.05) is 6.54 Å². The maximum absolute atomic E-state index is 3.16. The average Bonchev–Trinajstić information content (AvgIpc) is 2.47. The molecule has 1 aliphatic rings. The highest BCUT2D eigenvalue weighted by Gasteiger charge is 2.17. The summed E-state index contributed by atoms with van der Waals surface area (Å²) in [5, 5.41) is 0. The van der Waals surface area contributed by atoms with Gasteiger partial charge in [0.2, 0.25) is 0 Å². The van der Waals surface area contributed by atoms with E-state index in [2.05, 4.69) is 49.8 Å². The van der Waals surface area contributed by atoms with Crippen LogP contribution >= 0.6 is 0 Å². The molecule has 0 amide bonds. The van der Waals surface area contributed by atoms with Crippen molar-refractivity contribution < 1.29 is 0 Å². The third-order valence-electron chi connectivity index (χ3n) is 2.48. The van der Waals surface area contributed by atoms with Gasteiger partial charge in [0.1, 0.15) is 0 Å². The van der Waals surface area contributed by atoms with Crippen molar-refractivity contribution in [1.82, 2.24) is 5.43 Å². The summed E-state index contributed by atoms with van der Waals surface area (Å²) < 4.78 is 0. The molecule has 2 N–H and O–H groups in total. The summed E-state index contributed by atoms with van der Waals surface area (Å²) in [5.74, 6) is 0. The SMILES string of the molecule is CC(C)(C)c1ccc2c(c1)NNC2. The number of hydrogen-bond donors (Lipinski definition) is 2. The standard InChI is InChI=1S/C11H16N2/c1-11(2,3)9-5-4-8-7-12-13-10(8)6-9/h4-6,12-13H,7H2,1-3H3. The number of hydrazine groups is 1. The normalized spacial score (nSPS) is 15.3. The van der Waals surface area contributed by atoms with Crippen molar-refractivity contribution in [2.24, 2.45) is 0 Å². The van der Waals surface area contributed by atoms with Crippen molar-refractivity contribution in [2.75, 3.05) is 5.43 Å². The van der Waals surface area contributed by atoms with Crippen molar-refractivity contribution in [3.05, 3.63) is 29.3 Å². The highest BCUT2D eigenvalue weighted by Crippen LogP contribution is 2.28. The summed E-state index contributed by atoms with van der Waals surface area (Å²) in [6, 6.07) is 6.64. The average molecular weight is 176 g/mol. The van der Waals surface area contributed by atoms with E-state index in [1.54, 1.807) is 0 Å². The lowest BCUT2D eigenvalue weighted by atomic mass is 9.86. The second-order valence-electron chi connectivity index (χ2n) is 4.60. The van der Waals surface area contributed by atoms with Gasteiger partial charge in [-0.2, -0.15) is 0 Å². The Kier molecular flexibility index (Phi) is 1.81. The number of nitrogens with one attached hydrogen (secondary N) is 2. The summed E-state index contributed by atoms with van der Waals surface area (Å²) in [7, 11) is 0. The van der Waals surface area contributed by atoms with Gasteiger partial charge >= 0.3 is 0 Å². The van der Waals surface area contributed by atoms with Crippen molar-refractivity contribution in [1.29, 1.82) is 0 Å². The molecule has 0 spiro atoms. The zero-order chi connectivity index (χ0) is 9.47. The quantitative estimate of drug-likeness (QED) is 0.634. The van der Waals surface area contributed by atoms with E-state index in [1.807, 2.05) is 0 Å². The Bertz CT molecular complexity index is 323. The molecule has 0 unspecified atom stereocenters. The minimum absolute atomic E-state index is 0.235. The van der Waals surface area contributed by atoms with Gasteiger partial charge < -0.3 is 5.43 Å². The lowest BCUT2D eigenvalue weighted by Gasteiger charge is -2.19. The Labute approximate surface area is 79.3 Å². The van der Waals surface area contributed by atoms with Crippen LogP contribution in [-0.4, -0.2) is 0 Å². The molecule has 2 nitrogen and oxygen atoms in total. The maximum atomic E-state index is 3.16. The molecule has 0 bridgehead atoms. The Morgan fingerprint density at radius 1 is 1.23 bits per heavy atom. The predicted molar refractivity (Wildman–Crippen MR) is 55.6 cm³/mol. The minimum Gasteiger partial charge on any atom is -0.321 e. The molecule has 1 aromatic carbocycles. The molecule has 0 aromatic heterocycles. The lowest BCUT2D eigenvalue weighted by molar-refractivity contribution is 0.590. The van der Waals surface area contributed by atoms with Gasteiger partial charge in [-0.1, -0.05) is 32.9 Å². The number of anilines is 1. The number of hydrogen-bond acceptors (Lipinski definition) is 2. The Morgan fingerprint density at radius 3 is 2.69 bits per heavy atom. The molecule has 0 fully saturated rings. The van der Waals surface area contributed by atoms with Crippen LogP contribution in [0.15, 0.2) is 18.2 Å². The number of fused-ring (bicyclic) bond motifs is 1. The molecule has 13 heavy (non-hydrogen) atoms. The van der Waals surface area contributed by atoms with E-state index in [0.717, 1.165) is 6.54 Å². The fraction of sp³-hybridized carbons (Fsp3) is 0.455. The molecule has 1 aromatic rings. The van der Waals surface area contributed by atoms with Gasteiger partial charge in [-0.15, -0.1) is 0 Å². The fourth-order valence-corrected chi connectivity index (χ4v) is 1.55. The number of benzene rings is 1. The monoisotopic (exact) mass is 176 g/mol. The summed E-state index contributed by atoms with van der Waals surface area (Å²) in [6.07, 6.45) is 0. The smallest absolute Gasteiger partial charge is 0.0536 e. The highest BCUT2D eigenvalue weighted by molar-refractivity contribution is 5.56. The van der Waals surface area contributed by atoms with Crippen LogP contribution in [0.25, 0.3) is 0 Å². The van der Waals surface area contributed by atoms with Crippen molar-refractivity contribution in [2.45, 2.75) is 32.7 Å². The first kappa shape index (κ1) is 8.57. The van der Waals surface area contributed by atoms with E-state index in [4.69, 9.17) is 0 Å². The molecule has 1 aliphatic heterocycles. The first-order valence-electron chi connectivity index (χ1n) is 4.70. The van der Waals surface area contributed by atoms with E-state index in [9.17, 15) is 0 Å². The maximum Gasteiger partial charge on any atom is 0.0536 e. The first-order chi connectivity index (χ1) is 6.07. The summed E-state index contributed by atoms with van der Waals surface area (Å²) in [6.45, 7) is 7.63. The molecule has 0 radical (unpaired) electrons. The van der Waals surface area contributed by atoms with Gasteiger partial charge in [0.25, 0.3) is 0 Å². The van der Waals surface area contributed by atoms with Gasteiger partial charge in [-0.3, -0.25) is 0 Å². The molecule has 70 valence electrons. The van der Waals surface area contributed by atoms with Crippen LogP contribution in [0.1, 0.15) is 31.9 Å². The first-order valence-corrected chi connectivity index (χ1v) is 4.70. The van der Waals surface area contributed by atoms with Crippen LogP contribution in [0.3, 0.4) is 0 Å². The van der Waals surface area contributed by atoms with Crippen LogP contribution in [0.4, 0.5) is 5.69 Å². The molecule has 0 aliphatic carbocycles. The van der Waals surface area contributed by atoms with E-state index in [1.165, 1.54) is 16.8 Å². The van der Waals surface area contributed by atoms with Crippen molar-refractivity contribution in [3.63, 3.8) is 0 Å². The molecule has 2 rings (SSSR count). The second kappa shape index (κ2) is 2.74. The molecular formula is C11H16N2. The topological polar surface area (TPSA) is 24.1 Å². The predicted octanol–water partition coefficient (Wildman–Crippen LogP) is 2.41. The van der Waals surface area contributed by atoms with Gasteiger partial charge in [-0.25, -0.2) is 5.43 Å². The molecular weight excluding hydrogens is 160 g/mol. The fourth-order valence-electron chi connectivity index (χ4n) is 1.55. The van der Waals surface area contributed by atoms with Gasteiger partial charge in [0.15, 0.2) is 0 Å². The Balaban J connectivity index is 2.42. The second-order valence-corrected chi connectivity index (χ2v) is 4.60. The minimum atomic E-state index is 0.235. The molecule has 2 heteroatoms. The van der Waals surface area contributed by atoms with Crippen LogP contribution in [0.5, 0.6) is 0 Å². The summed E-state index contributed by atoms with van der Waals surface area (Å²) in [4.78, 5) is 0.